The second-order valence-electron chi connectivity index (χ2n) is 9.46. The highest BCUT2D eigenvalue weighted by Gasteiger charge is 2.32. The summed E-state index contributed by atoms with van der Waals surface area (Å²) in [6.45, 7) is -0.144. The van der Waals surface area contributed by atoms with Gasteiger partial charge in [-0.3, -0.25) is 10.1 Å². The SMILES string of the molecule is COc1cc(C2C(C#N)=C(N)Oc3cc(OC(=O)COc4ccc([N+](=O)[O-])cc4)ccc32)ccc1OCc1ccc(Cl)cc1. The van der Waals surface area contributed by atoms with E-state index in [2.05, 4.69) is 6.07 Å². The minimum atomic E-state index is -0.712. The topological polar surface area (TPSA) is 156 Å². The third kappa shape index (κ3) is 6.67. The highest BCUT2D eigenvalue weighted by atomic mass is 35.5. The lowest BCUT2D eigenvalue weighted by molar-refractivity contribution is -0.384. The van der Waals surface area contributed by atoms with Gasteiger partial charge in [-0.15, -0.1) is 0 Å². The molecule has 44 heavy (non-hydrogen) atoms. The second kappa shape index (κ2) is 13.1. The molecule has 11 nitrogen and oxygen atoms in total. The predicted molar refractivity (Wildman–Crippen MR) is 159 cm³/mol. The summed E-state index contributed by atoms with van der Waals surface area (Å²) in [6, 6.07) is 24.8. The van der Waals surface area contributed by atoms with Gasteiger partial charge < -0.3 is 29.4 Å². The van der Waals surface area contributed by atoms with Crippen LogP contribution in [0, 0.1) is 21.4 Å². The summed E-state index contributed by atoms with van der Waals surface area (Å²) in [4.78, 5) is 22.7. The molecule has 0 spiro atoms. The molecule has 0 amide bonds. The van der Waals surface area contributed by atoms with E-state index >= 15 is 0 Å². The lowest BCUT2D eigenvalue weighted by Gasteiger charge is -2.27. The van der Waals surface area contributed by atoms with Crippen molar-refractivity contribution in [2.45, 2.75) is 12.5 Å². The maximum atomic E-state index is 12.4. The average molecular weight is 614 g/mol. The fraction of sp³-hybridized carbons (Fsp3) is 0.125. The van der Waals surface area contributed by atoms with Crippen LogP contribution in [0.25, 0.3) is 0 Å². The largest absolute Gasteiger partial charge is 0.493 e. The summed E-state index contributed by atoms with van der Waals surface area (Å²) in [5, 5.41) is 21.4. The smallest absolute Gasteiger partial charge is 0.349 e. The minimum absolute atomic E-state index is 0.0861. The van der Waals surface area contributed by atoms with Crippen molar-refractivity contribution in [3.05, 3.63) is 128 Å². The summed E-state index contributed by atoms with van der Waals surface area (Å²) < 4.78 is 28.1. The summed E-state index contributed by atoms with van der Waals surface area (Å²) in [5.74, 6) is 0.298. The number of nitro groups is 1. The van der Waals surface area contributed by atoms with E-state index in [1.165, 1.54) is 37.4 Å². The molecular weight excluding hydrogens is 590 g/mol. The molecule has 0 aromatic heterocycles. The zero-order valence-corrected chi connectivity index (χ0v) is 23.9. The molecule has 0 saturated carbocycles. The summed E-state index contributed by atoms with van der Waals surface area (Å²) in [7, 11) is 1.52. The van der Waals surface area contributed by atoms with Crippen molar-refractivity contribution < 1.29 is 33.4 Å². The number of nitrogens with two attached hydrogens (primary N) is 1. The Hall–Kier alpha value is -5.73. The van der Waals surface area contributed by atoms with Gasteiger partial charge in [0, 0.05) is 28.8 Å². The van der Waals surface area contributed by atoms with Gasteiger partial charge in [0.1, 0.15) is 35.5 Å². The number of ether oxygens (including phenoxy) is 5. The van der Waals surface area contributed by atoms with Crippen LogP contribution in [0.2, 0.25) is 5.02 Å². The lowest BCUT2D eigenvalue weighted by Crippen LogP contribution is -2.21. The second-order valence-corrected chi connectivity index (χ2v) is 9.90. The van der Waals surface area contributed by atoms with E-state index in [-0.39, 0.29) is 28.6 Å². The Balaban J connectivity index is 1.32. The van der Waals surface area contributed by atoms with Crippen LogP contribution in [0.1, 0.15) is 22.6 Å². The van der Waals surface area contributed by atoms with Crippen LogP contribution >= 0.6 is 11.6 Å². The molecule has 1 atom stereocenters. The number of halogens is 1. The van der Waals surface area contributed by atoms with Crippen LogP contribution in [0.3, 0.4) is 0 Å². The molecular formula is C32H24ClN3O8. The molecule has 1 heterocycles. The standard InChI is InChI=1S/C32H24ClN3O8/c1-40-29-14-20(4-13-27(29)42-17-19-2-5-21(33)6-3-19)31-25-12-11-24(15-28(25)44-32(35)26(31)16-34)43-30(37)18-41-23-9-7-22(8-10-23)36(38)39/h2-15,31H,17-18,35H2,1H3. The molecule has 0 bridgehead atoms. The molecule has 4 aromatic rings. The molecule has 1 aliphatic rings. The van der Waals surface area contributed by atoms with Crippen LogP contribution < -0.4 is 29.4 Å². The number of nitriles is 1. The Bertz CT molecular complexity index is 1780. The molecule has 0 saturated heterocycles. The maximum Gasteiger partial charge on any atom is 0.349 e. The Morgan fingerprint density at radius 3 is 2.41 bits per heavy atom. The summed E-state index contributed by atoms with van der Waals surface area (Å²) in [6.07, 6.45) is 0. The minimum Gasteiger partial charge on any atom is -0.493 e. The number of carbonyl (C=O) groups excluding carboxylic acids is 1. The number of allylic oxidation sites excluding steroid dienone is 1. The number of methoxy groups -OCH3 is 1. The summed E-state index contributed by atoms with van der Waals surface area (Å²) in [5.41, 5.74) is 8.50. The van der Waals surface area contributed by atoms with Gasteiger partial charge in [0.25, 0.3) is 5.69 Å². The quantitative estimate of drug-likeness (QED) is 0.0968. The first-order chi connectivity index (χ1) is 21.2. The van der Waals surface area contributed by atoms with E-state index in [9.17, 15) is 20.2 Å². The van der Waals surface area contributed by atoms with Gasteiger partial charge in [-0.1, -0.05) is 35.9 Å². The van der Waals surface area contributed by atoms with E-state index < -0.39 is 23.4 Å². The number of nitrogens with zero attached hydrogens (tertiary/aromatic N) is 2. The van der Waals surface area contributed by atoms with Gasteiger partial charge in [0.15, 0.2) is 18.1 Å². The third-order valence-corrected chi connectivity index (χ3v) is 6.91. The van der Waals surface area contributed by atoms with Crippen LogP contribution in [0.5, 0.6) is 28.7 Å². The van der Waals surface area contributed by atoms with E-state index in [1.54, 1.807) is 36.4 Å². The molecule has 0 radical (unpaired) electrons. The Labute approximate surface area is 256 Å². The Kier molecular flexibility index (Phi) is 8.83. The molecule has 5 rings (SSSR count). The van der Waals surface area contributed by atoms with Crippen molar-refractivity contribution in [1.82, 2.24) is 0 Å². The van der Waals surface area contributed by atoms with Crippen molar-refractivity contribution in [2.24, 2.45) is 5.73 Å². The number of non-ortho nitro benzene ring substituents is 1. The van der Waals surface area contributed by atoms with Gasteiger partial charge in [-0.05, 0) is 53.6 Å². The number of fused-ring (bicyclic) bond motifs is 1. The maximum absolute atomic E-state index is 12.4. The molecule has 0 aliphatic carbocycles. The Morgan fingerprint density at radius 1 is 1.00 bits per heavy atom. The zero-order chi connectivity index (χ0) is 31.2. The number of hydrogen-bond donors (Lipinski definition) is 1. The first-order valence-electron chi connectivity index (χ1n) is 13.1. The number of nitro benzene ring substituents is 1. The van der Waals surface area contributed by atoms with Crippen LogP contribution in [0.15, 0.2) is 96.4 Å². The zero-order valence-electron chi connectivity index (χ0n) is 23.2. The lowest BCUT2D eigenvalue weighted by atomic mass is 9.83. The predicted octanol–water partition coefficient (Wildman–Crippen LogP) is 6.04. The molecule has 12 heteroatoms. The normalized spacial score (nSPS) is 13.6. The highest BCUT2D eigenvalue weighted by molar-refractivity contribution is 6.30. The molecule has 4 aromatic carbocycles. The molecule has 2 N–H and O–H groups in total. The van der Waals surface area contributed by atoms with E-state index in [0.717, 1.165) is 5.56 Å². The number of benzene rings is 4. The number of esters is 1. The monoisotopic (exact) mass is 613 g/mol. The first-order valence-corrected chi connectivity index (χ1v) is 13.5. The van der Waals surface area contributed by atoms with Gasteiger partial charge in [0.2, 0.25) is 5.88 Å². The fourth-order valence-corrected chi connectivity index (χ4v) is 4.66. The molecule has 1 unspecified atom stereocenters. The van der Waals surface area contributed by atoms with E-state index in [4.69, 9.17) is 41.0 Å². The fourth-order valence-electron chi connectivity index (χ4n) is 4.53. The number of hydrogen-bond acceptors (Lipinski definition) is 10. The first kappa shape index (κ1) is 29.8. The van der Waals surface area contributed by atoms with Gasteiger partial charge >= 0.3 is 5.97 Å². The van der Waals surface area contributed by atoms with Crippen molar-refractivity contribution in [2.75, 3.05) is 13.7 Å². The van der Waals surface area contributed by atoms with E-state index in [1.807, 2.05) is 18.2 Å². The van der Waals surface area contributed by atoms with Gasteiger partial charge in [-0.2, -0.15) is 5.26 Å². The van der Waals surface area contributed by atoms with Crippen molar-refractivity contribution >= 4 is 23.3 Å². The van der Waals surface area contributed by atoms with Crippen molar-refractivity contribution in [1.29, 1.82) is 5.26 Å². The average Bonchev–Trinajstić information content (AvgIpc) is 3.03. The van der Waals surface area contributed by atoms with E-state index in [0.29, 0.717) is 40.0 Å². The molecule has 0 fully saturated rings. The van der Waals surface area contributed by atoms with Gasteiger partial charge in [0.05, 0.1) is 18.0 Å². The number of carbonyl (C=O) groups is 1. The van der Waals surface area contributed by atoms with Crippen LogP contribution in [-0.2, 0) is 11.4 Å². The Morgan fingerprint density at radius 2 is 1.73 bits per heavy atom. The molecule has 1 aliphatic heterocycles. The van der Waals surface area contributed by atoms with Gasteiger partial charge in [-0.25, -0.2) is 4.79 Å². The van der Waals surface area contributed by atoms with Crippen LogP contribution in [-0.4, -0.2) is 24.6 Å². The highest BCUT2D eigenvalue weighted by Crippen LogP contribution is 2.45. The molecule has 222 valence electrons. The third-order valence-electron chi connectivity index (χ3n) is 6.66. The van der Waals surface area contributed by atoms with Crippen LogP contribution in [0.4, 0.5) is 5.69 Å². The van der Waals surface area contributed by atoms with Crippen molar-refractivity contribution in [3.63, 3.8) is 0 Å². The summed E-state index contributed by atoms with van der Waals surface area (Å²) >= 11 is 5.97. The van der Waals surface area contributed by atoms with Crippen molar-refractivity contribution in [3.8, 4) is 34.8 Å². The number of rotatable bonds is 10.